The van der Waals surface area contributed by atoms with Gasteiger partial charge in [0.05, 0.1) is 26.2 Å². The smallest absolute Gasteiger partial charge is 0.331 e. The summed E-state index contributed by atoms with van der Waals surface area (Å²) in [6.07, 6.45) is 7.68. The van der Waals surface area contributed by atoms with Crippen molar-refractivity contribution in [3.63, 3.8) is 0 Å². The number of hydrogen-bond acceptors (Lipinski definition) is 8. The number of aromatic nitrogens is 2. The molecule has 0 spiro atoms. The molecule has 0 bridgehead atoms. The van der Waals surface area contributed by atoms with Crippen LogP contribution in [-0.2, 0) is 30.2 Å². The van der Waals surface area contributed by atoms with Crippen LogP contribution in [0.15, 0.2) is 48.8 Å². The van der Waals surface area contributed by atoms with Crippen LogP contribution in [0.4, 0.5) is 0 Å². The van der Waals surface area contributed by atoms with E-state index in [1.165, 1.54) is 29.8 Å². The van der Waals surface area contributed by atoms with Crippen LogP contribution in [0.5, 0.6) is 5.75 Å². The summed E-state index contributed by atoms with van der Waals surface area (Å²) < 4.78 is 22.6. The number of benzene rings is 1. The van der Waals surface area contributed by atoms with Crippen molar-refractivity contribution in [2.45, 2.75) is 37.5 Å². The lowest BCUT2D eigenvalue weighted by Crippen LogP contribution is -2.58. The fourth-order valence-electron chi connectivity index (χ4n) is 7.18. The third-order valence-electron chi connectivity index (χ3n) is 8.99. The number of carbonyl (C=O) groups is 2. The lowest BCUT2D eigenvalue weighted by Gasteiger charge is -2.52. The molecule has 6 rings (SSSR count). The predicted molar refractivity (Wildman–Crippen MR) is 149 cm³/mol. The lowest BCUT2D eigenvalue weighted by molar-refractivity contribution is -0.187. The van der Waals surface area contributed by atoms with Gasteiger partial charge in [-0.15, -0.1) is 0 Å². The van der Waals surface area contributed by atoms with Gasteiger partial charge in [-0.1, -0.05) is 0 Å². The van der Waals surface area contributed by atoms with E-state index in [2.05, 4.69) is 20.9 Å². The molecule has 4 heterocycles. The van der Waals surface area contributed by atoms with Crippen LogP contribution in [-0.4, -0.2) is 73.4 Å². The topological polar surface area (TPSA) is 103 Å². The maximum Gasteiger partial charge on any atom is 0.331 e. The van der Waals surface area contributed by atoms with Gasteiger partial charge >= 0.3 is 11.9 Å². The molecule has 9 nitrogen and oxygen atoms in total. The number of methoxy groups -OCH3 is 3. The van der Waals surface area contributed by atoms with Crippen molar-refractivity contribution in [2.75, 3.05) is 34.4 Å². The first-order chi connectivity index (χ1) is 19.5. The summed E-state index contributed by atoms with van der Waals surface area (Å²) in [7, 11) is 4.67. The Morgan fingerprint density at radius 1 is 1.10 bits per heavy atom. The van der Waals surface area contributed by atoms with E-state index in [1.54, 1.807) is 32.7 Å². The van der Waals surface area contributed by atoms with Gasteiger partial charge in [0.1, 0.15) is 18.0 Å². The molecule has 1 unspecified atom stereocenters. The van der Waals surface area contributed by atoms with Crippen molar-refractivity contribution in [1.29, 1.82) is 0 Å². The van der Waals surface area contributed by atoms with E-state index in [9.17, 15) is 9.59 Å². The Morgan fingerprint density at radius 3 is 2.67 bits per heavy atom. The second-order valence-corrected chi connectivity index (χ2v) is 10.9. The highest BCUT2D eigenvalue weighted by Gasteiger charge is 2.54. The number of esters is 2. The number of nitrogens with one attached hydrogen (secondary N) is 1. The second kappa shape index (κ2) is 11.1. The van der Waals surface area contributed by atoms with Gasteiger partial charge < -0.3 is 23.9 Å². The second-order valence-electron chi connectivity index (χ2n) is 10.9. The molecule has 1 N–H and O–H groups in total. The van der Waals surface area contributed by atoms with Gasteiger partial charge in [-0.2, -0.15) is 0 Å². The molecule has 0 radical (unpaired) electrons. The molecule has 2 aromatic heterocycles. The first kappa shape index (κ1) is 26.5. The maximum absolute atomic E-state index is 13.3. The van der Waals surface area contributed by atoms with Gasteiger partial charge in [-0.05, 0) is 72.6 Å². The van der Waals surface area contributed by atoms with Gasteiger partial charge in [-0.3, -0.25) is 14.7 Å². The van der Waals surface area contributed by atoms with Crippen molar-refractivity contribution < 1.29 is 28.5 Å². The summed E-state index contributed by atoms with van der Waals surface area (Å²) >= 11 is 0. The quantitative estimate of drug-likeness (QED) is 0.367. The van der Waals surface area contributed by atoms with Gasteiger partial charge in [0.2, 0.25) is 0 Å². The van der Waals surface area contributed by atoms with Crippen molar-refractivity contribution in [3.8, 4) is 5.75 Å². The molecule has 1 saturated heterocycles. The minimum atomic E-state index is -0.589. The van der Waals surface area contributed by atoms with Crippen LogP contribution in [0.3, 0.4) is 0 Å². The Hall–Kier alpha value is -3.69. The molecule has 2 fully saturated rings. The Balaban J connectivity index is 1.26. The summed E-state index contributed by atoms with van der Waals surface area (Å²) in [6, 6.07) is 9.97. The number of H-pyrrole nitrogens is 1. The van der Waals surface area contributed by atoms with Gasteiger partial charge in [0.25, 0.3) is 0 Å². The molecule has 210 valence electrons. The third kappa shape index (κ3) is 4.77. The molecule has 0 amide bonds. The largest absolute Gasteiger partial charge is 0.497 e. The van der Waals surface area contributed by atoms with Crippen LogP contribution in [0.25, 0.3) is 17.0 Å². The number of piperidine rings is 1. The van der Waals surface area contributed by atoms with E-state index in [0.717, 1.165) is 42.8 Å². The zero-order valence-corrected chi connectivity index (χ0v) is 23.0. The Labute approximate surface area is 233 Å². The van der Waals surface area contributed by atoms with Crippen LogP contribution >= 0.6 is 0 Å². The molecule has 3 aromatic rings. The molecule has 2 aliphatic heterocycles. The third-order valence-corrected chi connectivity index (χ3v) is 8.99. The molecule has 1 aromatic carbocycles. The summed E-state index contributed by atoms with van der Waals surface area (Å²) in [5, 5.41) is 1.23. The molecule has 1 saturated carbocycles. The Bertz CT molecular complexity index is 1420. The van der Waals surface area contributed by atoms with Crippen LogP contribution in [0.1, 0.15) is 35.7 Å². The monoisotopic (exact) mass is 545 g/mol. The Kier molecular flexibility index (Phi) is 7.33. The summed E-state index contributed by atoms with van der Waals surface area (Å²) in [6.45, 7) is 1.76. The number of rotatable bonds is 6. The van der Waals surface area contributed by atoms with Crippen molar-refractivity contribution in [2.24, 2.45) is 17.8 Å². The van der Waals surface area contributed by atoms with Gasteiger partial charge in [-0.25, -0.2) is 4.79 Å². The predicted octanol–water partition coefficient (Wildman–Crippen LogP) is 3.94. The van der Waals surface area contributed by atoms with Crippen LogP contribution in [0, 0.1) is 17.8 Å². The van der Waals surface area contributed by atoms with E-state index in [1.807, 2.05) is 24.3 Å². The van der Waals surface area contributed by atoms with Crippen molar-refractivity contribution in [1.82, 2.24) is 14.9 Å². The SMILES string of the molecule is COC(=O)[C@H]1[C@H](OC)[C@@H](OC(=O)/C=C/c2ccncc2)CC2CN3CCc4c([nH]c5cc(OC)ccc45)[C@@H]3C[C@@H]21. The van der Waals surface area contributed by atoms with E-state index in [-0.39, 0.29) is 23.8 Å². The van der Waals surface area contributed by atoms with Crippen LogP contribution < -0.4 is 4.74 Å². The number of ether oxygens (including phenoxy) is 4. The van der Waals surface area contributed by atoms with Crippen LogP contribution in [0.2, 0.25) is 0 Å². The minimum absolute atomic E-state index is 0.0351. The standard InChI is InChI=1S/C31H35N3O6/c1-37-20-5-6-21-22-10-13-34-17-19-14-26(40-27(35)7-4-18-8-11-32-12-9-18)30(38-2)28(31(36)39-3)23(19)16-25(34)29(22)33-24(21)15-20/h4-9,11-12,15,19,23,25-26,28,30,33H,10,13-14,16-17H2,1-3H3/b7-4+/t19?,23-,25-,26-,28+,30+/m0/s1. The molecule has 9 heteroatoms. The number of hydrogen-bond donors (Lipinski definition) is 1. The molecule has 40 heavy (non-hydrogen) atoms. The number of aromatic amines is 1. The highest BCUT2D eigenvalue weighted by atomic mass is 16.6. The minimum Gasteiger partial charge on any atom is -0.497 e. The Morgan fingerprint density at radius 2 is 1.93 bits per heavy atom. The number of carbonyl (C=O) groups excluding carboxylic acids is 2. The van der Waals surface area contributed by atoms with Crippen molar-refractivity contribution in [3.05, 3.63) is 65.6 Å². The summed E-state index contributed by atoms with van der Waals surface area (Å²) in [4.78, 5) is 36.3. The fourth-order valence-corrected chi connectivity index (χ4v) is 7.18. The van der Waals surface area contributed by atoms with E-state index < -0.39 is 24.1 Å². The lowest BCUT2D eigenvalue weighted by atomic mass is 9.63. The molecular formula is C31H35N3O6. The highest BCUT2D eigenvalue weighted by molar-refractivity contribution is 5.87. The number of pyridine rings is 1. The summed E-state index contributed by atoms with van der Waals surface area (Å²) in [5.41, 5.74) is 4.49. The fraction of sp³-hybridized carbons (Fsp3) is 0.452. The average Bonchev–Trinajstić information content (AvgIpc) is 3.36. The van der Waals surface area contributed by atoms with E-state index in [0.29, 0.717) is 6.42 Å². The first-order valence-electron chi connectivity index (χ1n) is 13.8. The zero-order chi connectivity index (χ0) is 27.8. The molecule has 1 aliphatic carbocycles. The molecule has 6 atom stereocenters. The van der Waals surface area contributed by atoms with Gasteiger partial charge in [0.15, 0.2) is 0 Å². The summed E-state index contributed by atoms with van der Waals surface area (Å²) in [5.74, 6) is -0.291. The van der Waals surface area contributed by atoms with E-state index in [4.69, 9.17) is 18.9 Å². The molecule has 3 aliphatic rings. The molecular weight excluding hydrogens is 510 g/mol. The highest BCUT2D eigenvalue weighted by Crippen LogP contribution is 2.50. The zero-order valence-electron chi connectivity index (χ0n) is 23.0. The number of fused-ring (bicyclic) bond motifs is 6. The van der Waals surface area contributed by atoms with Crippen molar-refractivity contribution >= 4 is 28.9 Å². The average molecular weight is 546 g/mol. The normalized spacial score (nSPS) is 28.0. The van der Waals surface area contributed by atoms with Gasteiger partial charge in [0, 0.05) is 61.3 Å². The first-order valence-corrected chi connectivity index (χ1v) is 13.8. The maximum atomic E-state index is 13.3. The number of nitrogens with zero attached hydrogens (tertiary/aromatic N) is 2. The van der Waals surface area contributed by atoms with E-state index >= 15 is 0 Å².